The number of anilines is 1. The number of amides is 1. The van der Waals surface area contributed by atoms with Gasteiger partial charge < -0.3 is 24.2 Å². The van der Waals surface area contributed by atoms with Gasteiger partial charge in [0, 0.05) is 11.9 Å². The molecule has 10 nitrogen and oxygen atoms in total. The molecule has 1 aromatic rings. The Hall–Kier alpha value is -1.23. The Morgan fingerprint density at radius 1 is 1.50 bits per heavy atom. The van der Waals surface area contributed by atoms with Crippen LogP contribution < -0.4 is 11.0 Å². The normalized spacial score (nSPS) is 20.3. The van der Waals surface area contributed by atoms with Crippen LogP contribution in [0.25, 0.3) is 0 Å². The van der Waals surface area contributed by atoms with E-state index in [2.05, 4.69) is 10.3 Å². The first kappa shape index (κ1) is 21.1. The van der Waals surface area contributed by atoms with Gasteiger partial charge in [-0.15, -0.1) is 11.8 Å². The molecular weight excluding hydrogens is 385 g/mol. The maximum absolute atomic E-state index is 12.3. The van der Waals surface area contributed by atoms with Crippen LogP contribution in [0, 0.1) is 0 Å². The zero-order valence-electron chi connectivity index (χ0n) is 14.5. The fourth-order valence-electron chi connectivity index (χ4n) is 2.27. The van der Waals surface area contributed by atoms with Gasteiger partial charge in [-0.2, -0.15) is 4.98 Å². The lowest BCUT2D eigenvalue weighted by Crippen LogP contribution is -2.30. The first-order chi connectivity index (χ1) is 12.4. The van der Waals surface area contributed by atoms with Crippen molar-refractivity contribution >= 4 is 31.1 Å². The number of thioether (sulfide) groups is 1. The summed E-state index contributed by atoms with van der Waals surface area (Å²) in [4.78, 5) is 28.0. The molecule has 1 fully saturated rings. The van der Waals surface area contributed by atoms with Crippen molar-refractivity contribution in [2.45, 2.75) is 25.5 Å². The molecule has 1 aromatic heterocycles. The summed E-state index contributed by atoms with van der Waals surface area (Å²) in [7, 11) is -3.53. The van der Waals surface area contributed by atoms with Gasteiger partial charge in [-0.3, -0.25) is 13.9 Å². The number of carbonyl (C=O) groups excluding carboxylic acids is 1. The van der Waals surface area contributed by atoms with Gasteiger partial charge in [0.2, 0.25) is 5.91 Å². The highest BCUT2D eigenvalue weighted by molar-refractivity contribution is 8.00. The molecule has 0 unspecified atom stereocenters. The summed E-state index contributed by atoms with van der Waals surface area (Å²) in [5.41, 5.74) is -0.984. The molecule has 1 aliphatic rings. The van der Waals surface area contributed by atoms with Gasteiger partial charge in [0.25, 0.3) is 0 Å². The van der Waals surface area contributed by atoms with E-state index in [1.807, 2.05) is 0 Å². The molecule has 0 radical (unpaired) electrons. The van der Waals surface area contributed by atoms with Gasteiger partial charge in [0.1, 0.15) is 23.6 Å². The van der Waals surface area contributed by atoms with Crippen LogP contribution in [0.1, 0.15) is 20.1 Å². The van der Waals surface area contributed by atoms with E-state index < -0.39 is 31.6 Å². The summed E-state index contributed by atoms with van der Waals surface area (Å²) in [5.74, 6) is -0.0993. The lowest BCUT2D eigenvalue weighted by Gasteiger charge is -2.16. The summed E-state index contributed by atoms with van der Waals surface area (Å²) in [5, 5.41) is 11.5. The van der Waals surface area contributed by atoms with Gasteiger partial charge in [-0.1, -0.05) is 0 Å². The third kappa shape index (κ3) is 5.63. The molecule has 146 valence electrons. The SMILES string of the molecule is CCOP(=O)(CC(=O)Nc1ccn([C@H]2CS[C@@H](CO)O2)c(=O)n1)OCC. The molecule has 2 rings (SSSR count). The Bertz CT molecular complexity index is 719. The summed E-state index contributed by atoms with van der Waals surface area (Å²) < 4.78 is 29.2. The quantitative estimate of drug-likeness (QED) is 0.577. The number of nitrogens with zero attached hydrogens (tertiary/aromatic N) is 2. The molecule has 0 spiro atoms. The Morgan fingerprint density at radius 3 is 2.73 bits per heavy atom. The Kier molecular flexibility index (Phi) is 7.81. The highest BCUT2D eigenvalue weighted by atomic mass is 32.2. The van der Waals surface area contributed by atoms with Crippen LogP contribution in [0.4, 0.5) is 5.82 Å². The molecule has 0 saturated carbocycles. The molecule has 0 aliphatic carbocycles. The van der Waals surface area contributed by atoms with E-state index >= 15 is 0 Å². The minimum Gasteiger partial charge on any atom is -0.393 e. The predicted molar refractivity (Wildman–Crippen MR) is 96.3 cm³/mol. The molecule has 12 heteroatoms. The van der Waals surface area contributed by atoms with E-state index in [0.29, 0.717) is 5.75 Å². The van der Waals surface area contributed by atoms with Gasteiger partial charge >= 0.3 is 13.3 Å². The highest BCUT2D eigenvalue weighted by Gasteiger charge is 2.29. The molecule has 1 saturated heterocycles. The Morgan fingerprint density at radius 2 is 2.19 bits per heavy atom. The van der Waals surface area contributed by atoms with Crippen LogP contribution in [-0.2, 0) is 23.1 Å². The highest BCUT2D eigenvalue weighted by Crippen LogP contribution is 2.47. The summed E-state index contributed by atoms with van der Waals surface area (Å²) in [6.07, 6.45) is 0.443. The van der Waals surface area contributed by atoms with Gasteiger partial charge in [0.15, 0.2) is 0 Å². The number of aromatic nitrogens is 2. The first-order valence-electron chi connectivity index (χ1n) is 8.06. The summed E-state index contributed by atoms with van der Waals surface area (Å²) in [6, 6.07) is 1.44. The second kappa shape index (κ2) is 9.63. The molecular formula is C14H22N3O7PS. The molecule has 0 bridgehead atoms. The second-order valence-corrected chi connectivity index (χ2v) is 8.44. The molecule has 1 aliphatic heterocycles. The van der Waals surface area contributed by atoms with E-state index in [-0.39, 0.29) is 31.1 Å². The third-order valence-corrected chi connectivity index (χ3v) is 6.37. The average Bonchev–Trinajstić information content (AvgIpc) is 3.03. The van der Waals surface area contributed by atoms with Crippen molar-refractivity contribution in [1.82, 2.24) is 9.55 Å². The minimum absolute atomic E-state index is 0.0279. The van der Waals surface area contributed by atoms with Crippen molar-refractivity contribution in [2.24, 2.45) is 0 Å². The molecule has 2 atom stereocenters. The number of hydrogen-bond donors (Lipinski definition) is 2. The lowest BCUT2D eigenvalue weighted by atomic mass is 10.5. The van der Waals surface area contributed by atoms with Crippen molar-refractivity contribution < 1.29 is 28.3 Å². The number of carbonyl (C=O) groups is 1. The molecule has 2 N–H and O–H groups in total. The Balaban J connectivity index is 2.02. The van der Waals surface area contributed by atoms with Crippen LogP contribution in [-0.4, -0.2) is 57.7 Å². The largest absolute Gasteiger partial charge is 0.393 e. The van der Waals surface area contributed by atoms with Crippen LogP contribution in [0.3, 0.4) is 0 Å². The van der Waals surface area contributed by atoms with Crippen LogP contribution >= 0.6 is 19.4 Å². The number of rotatable bonds is 9. The molecule has 2 heterocycles. The van der Waals surface area contributed by atoms with Gasteiger partial charge in [-0.05, 0) is 19.9 Å². The van der Waals surface area contributed by atoms with E-state index in [4.69, 9.17) is 18.9 Å². The van der Waals surface area contributed by atoms with Crippen molar-refractivity contribution in [2.75, 3.05) is 37.1 Å². The number of aliphatic hydroxyl groups is 1. The predicted octanol–water partition coefficient (Wildman–Crippen LogP) is 1.03. The zero-order valence-corrected chi connectivity index (χ0v) is 16.2. The molecule has 1 amide bonds. The smallest absolute Gasteiger partial charge is 0.351 e. The van der Waals surface area contributed by atoms with Gasteiger partial charge in [0.05, 0.1) is 19.8 Å². The van der Waals surface area contributed by atoms with Gasteiger partial charge in [-0.25, -0.2) is 4.79 Å². The lowest BCUT2D eigenvalue weighted by molar-refractivity contribution is -0.114. The second-order valence-electron chi connectivity index (χ2n) is 5.19. The Labute approximate surface area is 154 Å². The zero-order chi connectivity index (χ0) is 19.2. The van der Waals surface area contributed by atoms with Crippen LogP contribution in [0.2, 0.25) is 0 Å². The fourth-order valence-corrected chi connectivity index (χ4v) is 4.67. The fraction of sp³-hybridized carbons (Fsp3) is 0.643. The first-order valence-corrected chi connectivity index (χ1v) is 10.8. The minimum atomic E-state index is -3.53. The van der Waals surface area contributed by atoms with E-state index in [1.54, 1.807) is 13.8 Å². The van der Waals surface area contributed by atoms with Crippen molar-refractivity contribution in [3.05, 3.63) is 22.7 Å². The van der Waals surface area contributed by atoms with Crippen LogP contribution in [0.15, 0.2) is 17.1 Å². The van der Waals surface area contributed by atoms with E-state index in [1.165, 1.54) is 28.6 Å². The van der Waals surface area contributed by atoms with E-state index in [9.17, 15) is 14.2 Å². The molecule has 26 heavy (non-hydrogen) atoms. The standard InChI is InChI=1S/C14H22N3O7PS/c1-3-22-25(21,23-4-2)8-11(19)15-10-5-6-17(14(20)16-10)12-9-26-13(7-18)24-12/h5-6,12-13,18H,3-4,7-9H2,1-2H3,(H,15,16,19,20)/t12-,13+/m1/s1. The monoisotopic (exact) mass is 407 g/mol. The maximum Gasteiger partial charge on any atom is 0.351 e. The average molecular weight is 407 g/mol. The summed E-state index contributed by atoms with van der Waals surface area (Å²) in [6.45, 7) is 3.45. The van der Waals surface area contributed by atoms with E-state index in [0.717, 1.165) is 0 Å². The van der Waals surface area contributed by atoms with Crippen molar-refractivity contribution in [3.63, 3.8) is 0 Å². The van der Waals surface area contributed by atoms with Crippen molar-refractivity contribution in [1.29, 1.82) is 0 Å². The van der Waals surface area contributed by atoms with Crippen molar-refractivity contribution in [3.8, 4) is 0 Å². The number of hydrogen-bond acceptors (Lipinski definition) is 9. The molecule has 0 aromatic carbocycles. The number of aliphatic hydroxyl groups excluding tert-OH is 1. The van der Waals surface area contributed by atoms with Crippen LogP contribution in [0.5, 0.6) is 0 Å². The third-order valence-electron chi connectivity index (χ3n) is 3.28. The number of ether oxygens (including phenoxy) is 1. The maximum atomic E-state index is 12.3. The summed E-state index contributed by atoms with van der Waals surface area (Å²) >= 11 is 1.40. The topological polar surface area (TPSA) is 129 Å². The number of nitrogens with one attached hydrogen (secondary N) is 1.